The van der Waals surface area contributed by atoms with Crippen LogP contribution >= 0.6 is 0 Å². The minimum absolute atomic E-state index is 0.214. The average Bonchev–Trinajstić information content (AvgIpc) is 2.65. The van der Waals surface area contributed by atoms with E-state index >= 15 is 0 Å². The van der Waals surface area contributed by atoms with Crippen molar-refractivity contribution in [3.63, 3.8) is 0 Å². The zero-order valence-corrected chi connectivity index (χ0v) is 13.6. The Morgan fingerprint density at radius 1 is 1.04 bits per heavy atom. The van der Waals surface area contributed by atoms with Crippen LogP contribution in [0.25, 0.3) is 10.8 Å². The third-order valence-electron chi connectivity index (χ3n) is 3.75. The van der Waals surface area contributed by atoms with Crippen LogP contribution in [0.5, 0.6) is 11.5 Å². The molecular weight excluding hydrogens is 304 g/mol. The minimum Gasteiger partial charge on any atom is -0.497 e. The summed E-state index contributed by atoms with van der Waals surface area (Å²) in [6.45, 7) is 0.358. The van der Waals surface area contributed by atoms with Crippen LogP contribution in [0.1, 0.15) is 16.1 Å². The smallest absolute Gasteiger partial charge is 0.270 e. The Balaban J connectivity index is 1.80. The van der Waals surface area contributed by atoms with E-state index in [1.165, 1.54) is 0 Å². The number of ether oxygens (including phenoxy) is 2. The van der Waals surface area contributed by atoms with Gasteiger partial charge in [-0.15, -0.1) is 0 Å². The van der Waals surface area contributed by atoms with Crippen molar-refractivity contribution in [3.8, 4) is 11.5 Å². The topological polar surface area (TPSA) is 60.5 Å². The summed E-state index contributed by atoms with van der Waals surface area (Å²) in [6, 6.07) is 15.1. The van der Waals surface area contributed by atoms with Crippen molar-refractivity contribution >= 4 is 16.7 Å². The van der Waals surface area contributed by atoms with Crippen molar-refractivity contribution in [3.05, 3.63) is 66.0 Å². The first-order valence-electron chi connectivity index (χ1n) is 7.55. The highest BCUT2D eigenvalue weighted by Crippen LogP contribution is 2.22. The van der Waals surface area contributed by atoms with Gasteiger partial charge >= 0.3 is 0 Å². The van der Waals surface area contributed by atoms with Gasteiger partial charge in [0.05, 0.1) is 14.2 Å². The molecule has 24 heavy (non-hydrogen) atoms. The molecular formula is C19H18N2O3. The maximum Gasteiger partial charge on any atom is 0.270 e. The molecule has 0 saturated carbocycles. The number of carbonyl (C=O) groups excluding carboxylic acids is 1. The number of carbonyl (C=O) groups is 1. The molecule has 0 aliphatic rings. The number of pyridine rings is 1. The van der Waals surface area contributed by atoms with Crippen molar-refractivity contribution in [1.82, 2.24) is 10.3 Å². The highest BCUT2D eigenvalue weighted by atomic mass is 16.5. The zero-order chi connectivity index (χ0) is 16.9. The van der Waals surface area contributed by atoms with E-state index in [4.69, 9.17) is 9.47 Å². The fraction of sp³-hybridized carbons (Fsp3) is 0.158. The predicted octanol–water partition coefficient (Wildman–Crippen LogP) is 3.18. The van der Waals surface area contributed by atoms with Crippen LogP contribution in [0.4, 0.5) is 0 Å². The van der Waals surface area contributed by atoms with E-state index in [-0.39, 0.29) is 5.91 Å². The van der Waals surface area contributed by atoms with Crippen molar-refractivity contribution in [1.29, 1.82) is 0 Å². The van der Waals surface area contributed by atoms with Crippen LogP contribution in [0.3, 0.4) is 0 Å². The third-order valence-corrected chi connectivity index (χ3v) is 3.75. The van der Waals surface area contributed by atoms with Gasteiger partial charge in [-0.05, 0) is 29.1 Å². The monoisotopic (exact) mass is 322 g/mol. The number of rotatable bonds is 5. The SMILES string of the molecule is COc1cc(CNC(=O)c2nccc3ccccc23)cc(OC)c1. The fourth-order valence-corrected chi connectivity index (χ4v) is 2.54. The van der Waals surface area contributed by atoms with Crippen LogP contribution in [-0.4, -0.2) is 25.1 Å². The van der Waals surface area contributed by atoms with Gasteiger partial charge in [-0.25, -0.2) is 0 Å². The number of nitrogens with one attached hydrogen (secondary N) is 1. The lowest BCUT2D eigenvalue weighted by atomic mass is 10.1. The van der Waals surface area contributed by atoms with Crippen molar-refractivity contribution in [2.45, 2.75) is 6.54 Å². The van der Waals surface area contributed by atoms with Gasteiger partial charge in [0.25, 0.3) is 5.91 Å². The number of hydrogen-bond donors (Lipinski definition) is 1. The number of hydrogen-bond acceptors (Lipinski definition) is 4. The second-order valence-electron chi connectivity index (χ2n) is 5.28. The first kappa shape index (κ1) is 15.8. The lowest BCUT2D eigenvalue weighted by Gasteiger charge is -2.10. The molecule has 1 heterocycles. The highest BCUT2D eigenvalue weighted by molar-refractivity contribution is 6.05. The lowest BCUT2D eigenvalue weighted by molar-refractivity contribution is 0.0947. The minimum atomic E-state index is -0.214. The normalized spacial score (nSPS) is 10.4. The summed E-state index contributed by atoms with van der Waals surface area (Å²) in [4.78, 5) is 16.7. The number of methoxy groups -OCH3 is 2. The molecule has 122 valence electrons. The van der Waals surface area contributed by atoms with Gasteiger partial charge in [-0.1, -0.05) is 24.3 Å². The van der Waals surface area contributed by atoms with E-state index in [1.807, 2.05) is 42.5 Å². The third kappa shape index (κ3) is 3.30. The van der Waals surface area contributed by atoms with Gasteiger partial charge in [0.15, 0.2) is 0 Å². The molecule has 0 aliphatic carbocycles. The molecule has 2 aromatic carbocycles. The van der Waals surface area contributed by atoms with Crippen molar-refractivity contribution < 1.29 is 14.3 Å². The van der Waals surface area contributed by atoms with E-state index in [9.17, 15) is 4.79 Å². The van der Waals surface area contributed by atoms with Gasteiger partial charge in [-0.3, -0.25) is 9.78 Å². The van der Waals surface area contributed by atoms with Gasteiger partial charge in [0.1, 0.15) is 17.2 Å². The molecule has 0 saturated heterocycles. The molecule has 1 N–H and O–H groups in total. The standard InChI is InChI=1S/C19H18N2O3/c1-23-15-9-13(10-16(11-15)24-2)12-21-19(22)18-17-6-4-3-5-14(17)7-8-20-18/h3-11H,12H2,1-2H3,(H,21,22). The Hall–Kier alpha value is -3.08. The maximum absolute atomic E-state index is 12.5. The molecule has 0 radical (unpaired) electrons. The van der Waals surface area contributed by atoms with E-state index in [2.05, 4.69) is 10.3 Å². The van der Waals surface area contributed by atoms with E-state index in [0.717, 1.165) is 16.3 Å². The second kappa shape index (κ2) is 7.00. The molecule has 0 atom stereocenters. The average molecular weight is 322 g/mol. The predicted molar refractivity (Wildman–Crippen MR) is 92.5 cm³/mol. The first-order chi connectivity index (χ1) is 11.7. The maximum atomic E-state index is 12.5. The van der Waals surface area contributed by atoms with E-state index < -0.39 is 0 Å². The van der Waals surface area contributed by atoms with Gasteiger partial charge < -0.3 is 14.8 Å². The molecule has 0 aliphatic heterocycles. The number of aromatic nitrogens is 1. The largest absolute Gasteiger partial charge is 0.497 e. The summed E-state index contributed by atoms with van der Waals surface area (Å²) in [5.74, 6) is 1.15. The van der Waals surface area contributed by atoms with Gasteiger partial charge in [-0.2, -0.15) is 0 Å². The summed E-state index contributed by atoms with van der Waals surface area (Å²) >= 11 is 0. The molecule has 0 bridgehead atoms. The van der Waals surface area contributed by atoms with E-state index in [1.54, 1.807) is 26.5 Å². The van der Waals surface area contributed by atoms with Gasteiger partial charge in [0, 0.05) is 24.2 Å². The molecule has 0 unspecified atom stereocenters. The quantitative estimate of drug-likeness (QED) is 0.784. The first-order valence-corrected chi connectivity index (χ1v) is 7.55. The van der Waals surface area contributed by atoms with Crippen LogP contribution in [0.2, 0.25) is 0 Å². The van der Waals surface area contributed by atoms with Crippen LogP contribution in [0.15, 0.2) is 54.7 Å². The molecule has 0 spiro atoms. The Kier molecular flexibility index (Phi) is 4.61. The van der Waals surface area contributed by atoms with Crippen LogP contribution in [0, 0.1) is 0 Å². The molecule has 0 fully saturated rings. The number of benzene rings is 2. The summed E-state index contributed by atoms with van der Waals surface area (Å²) in [5, 5.41) is 4.72. The summed E-state index contributed by atoms with van der Waals surface area (Å²) in [7, 11) is 3.19. The number of fused-ring (bicyclic) bond motifs is 1. The summed E-state index contributed by atoms with van der Waals surface area (Å²) in [5.41, 5.74) is 1.31. The Morgan fingerprint density at radius 2 is 1.75 bits per heavy atom. The van der Waals surface area contributed by atoms with Crippen LogP contribution in [-0.2, 0) is 6.54 Å². The Labute approximate surface area is 140 Å². The molecule has 1 aromatic heterocycles. The fourth-order valence-electron chi connectivity index (χ4n) is 2.54. The van der Waals surface area contributed by atoms with Crippen LogP contribution < -0.4 is 14.8 Å². The van der Waals surface area contributed by atoms with Crippen molar-refractivity contribution in [2.75, 3.05) is 14.2 Å². The molecule has 1 amide bonds. The lowest BCUT2D eigenvalue weighted by Crippen LogP contribution is -2.24. The molecule has 5 heteroatoms. The van der Waals surface area contributed by atoms with Crippen molar-refractivity contribution in [2.24, 2.45) is 0 Å². The number of amides is 1. The zero-order valence-electron chi connectivity index (χ0n) is 13.6. The summed E-state index contributed by atoms with van der Waals surface area (Å²) < 4.78 is 10.5. The molecule has 5 nitrogen and oxygen atoms in total. The number of nitrogens with zero attached hydrogens (tertiary/aromatic N) is 1. The molecule has 3 aromatic rings. The van der Waals surface area contributed by atoms with Gasteiger partial charge in [0.2, 0.25) is 0 Å². The van der Waals surface area contributed by atoms with E-state index in [0.29, 0.717) is 23.7 Å². The second-order valence-corrected chi connectivity index (χ2v) is 5.28. The molecule has 3 rings (SSSR count). The Morgan fingerprint density at radius 3 is 2.46 bits per heavy atom. The Bertz CT molecular complexity index is 850. The summed E-state index contributed by atoms with van der Waals surface area (Å²) in [6.07, 6.45) is 1.64. The highest BCUT2D eigenvalue weighted by Gasteiger charge is 2.11.